The lowest BCUT2D eigenvalue weighted by Crippen LogP contribution is -2.38. The summed E-state index contributed by atoms with van der Waals surface area (Å²) in [6.45, 7) is 1.40. The maximum Gasteiger partial charge on any atom is 0.416 e. The van der Waals surface area contributed by atoms with Gasteiger partial charge in [-0.15, -0.1) is 0 Å². The van der Waals surface area contributed by atoms with Crippen molar-refractivity contribution in [2.24, 2.45) is 0 Å². The topological polar surface area (TPSA) is 87.1 Å². The second-order valence-corrected chi connectivity index (χ2v) is 5.05. The van der Waals surface area contributed by atoms with E-state index in [1.165, 1.54) is 24.5 Å². The minimum absolute atomic E-state index is 0.133. The monoisotopic (exact) mass is 340 g/mol. The van der Waals surface area contributed by atoms with E-state index in [0.717, 1.165) is 12.1 Å². The van der Waals surface area contributed by atoms with Crippen molar-refractivity contribution in [3.05, 3.63) is 42.2 Å². The van der Waals surface area contributed by atoms with Crippen molar-refractivity contribution in [2.75, 3.05) is 11.9 Å². The molecule has 0 saturated carbocycles. The van der Waals surface area contributed by atoms with Gasteiger partial charge in [0, 0.05) is 5.56 Å². The van der Waals surface area contributed by atoms with Crippen molar-refractivity contribution in [2.45, 2.75) is 19.1 Å². The molecule has 6 nitrogen and oxygen atoms in total. The van der Waals surface area contributed by atoms with Gasteiger partial charge in [0.15, 0.2) is 5.82 Å². The first kappa shape index (κ1) is 17.7. The Bertz CT molecular complexity index is 705. The lowest BCUT2D eigenvalue weighted by molar-refractivity contribution is -0.137. The second kappa shape index (κ2) is 7.26. The highest BCUT2D eigenvalue weighted by molar-refractivity contribution is 5.88. The number of nitrogens with one attached hydrogen (secondary N) is 2. The van der Waals surface area contributed by atoms with Crippen molar-refractivity contribution >= 4 is 11.8 Å². The highest BCUT2D eigenvalue weighted by Crippen LogP contribution is 2.31. The number of alkyl halides is 3. The number of carbonyl (C=O) groups is 1. The average Bonchev–Trinajstić information content (AvgIpc) is 2.54. The Hall–Kier alpha value is -2.68. The molecule has 1 atom stereocenters. The molecule has 2 amide bonds. The first-order valence-electron chi connectivity index (χ1n) is 6.97. The van der Waals surface area contributed by atoms with Crippen LogP contribution in [0.2, 0.25) is 0 Å². The molecule has 0 aliphatic heterocycles. The molecule has 0 fully saturated rings. The number of aliphatic hydroxyl groups excluding tert-OH is 1. The number of nitrogens with zero attached hydrogens (tertiary/aromatic N) is 2. The molecule has 0 spiro atoms. The molecule has 24 heavy (non-hydrogen) atoms. The summed E-state index contributed by atoms with van der Waals surface area (Å²) in [5.74, 6) is 0.133. The molecule has 1 aromatic carbocycles. The molecule has 1 aromatic heterocycles. The fourth-order valence-corrected chi connectivity index (χ4v) is 1.82. The highest BCUT2D eigenvalue weighted by atomic mass is 19.4. The van der Waals surface area contributed by atoms with E-state index in [9.17, 15) is 18.0 Å². The van der Waals surface area contributed by atoms with E-state index in [1.807, 2.05) is 0 Å². The van der Waals surface area contributed by atoms with Crippen molar-refractivity contribution < 1.29 is 23.1 Å². The summed E-state index contributed by atoms with van der Waals surface area (Å²) in [4.78, 5) is 19.5. The number of anilines is 1. The minimum atomic E-state index is -4.44. The number of hydrogen-bond acceptors (Lipinski definition) is 4. The highest BCUT2D eigenvalue weighted by Gasteiger charge is 2.30. The Morgan fingerprint density at radius 2 is 2.04 bits per heavy atom. The second-order valence-electron chi connectivity index (χ2n) is 5.05. The van der Waals surface area contributed by atoms with Crippen LogP contribution in [0, 0.1) is 0 Å². The molecule has 1 heterocycles. The summed E-state index contributed by atoms with van der Waals surface area (Å²) in [6, 6.07) is 3.73. The molecule has 0 radical (unpaired) electrons. The largest absolute Gasteiger partial charge is 0.416 e. The molecule has 0 bridgehead atoms. The number of carbonyl (C=O) groups excluding carboxylic acids is 1. The molecule has 9 heteroatoms. The molecule has 2 rings (SSSR count). The molecule has 0 unspecified atom stereocenters. The van der Waals surface area contributed by atoms with Gasteiger partial charge in [0.25, 0.3) is 0 Å². The molecule has 128 valence electrons. The zero-order valence-electron chi connectivity index (χ0n) is 12.6. The number of hydrogen-bond donors (Lipinski definition) is 3. The van der Waals surface area contributed by atoms with Crippen molar-refractivity contribution in [3.63, 3.8) is 0 Å². The molecule has 0 saturated heterocycles. The lowest BCUT2D eigenvalue weighted by atomic mass is 10.1. The zero-order chi connectivity index (χ0) is 17.7. The van der Waals surface area contributed by atoms with E-state index in [0.29, 0.717) is 0 Å². The third kappa shape index (κ3) is 4.66. The van der Waals surface area contributed by atoms with Gasteiger partial charge >= 0.3 is 12.2 Å². The third-order valence-corrected chi connectivity index (χ3v) is 3.03. The van der Waals surface area contributed by atoms with Crippen LogP contribution >= 0.6 is 0 Å². The van der Waals surface area contributed by atoms with E-state index in [2.05, 4.69) is 20.6 Å². The minimum Gasteiger partial charge on any atom is -0.394 e. The normalized spacial score (nSPS) is 12.5. The summed E-state index contributed by atoms with van der Waals surface area (Å²) in [5, 5.41) is 13.7. The predicted molar refractivity (Wildman–Crippen MR) is 81.2 cm³/mol. The number of amides is 2. The van der Waals surface area contributed by atoms with E-state index >= 15 is 0 Å². The Morgan fingerprint density at radius 3 is 2.62 bits per heavy atom. The summed E-state index contributed by atoms with van der Waals surface area (Å²) >= 11 is 0. The summed E-state index contributed by atoms with van der Waals surface area (Å²) in [7, 11) is 0. The van der Waals surface area contributed by atoms with Crippen LogP contribution in [0.4, 0.5) is 23.8 Å². The molecular formula is C15H15F3N4O2. The van der Waals surface area contributed by atoms with Crippen LogP contribution in [0.5, 0.6) is 0 Å². The van der Waals surface area contributed by atoms with Gasteiger partial charge in [-0.3, -0.25) is 10.3 Å². The number of halogens is 3. The maximum atomic E-state index is 12.7. The molecule has 2 aromatic rings. The number of aliphatic hydroxyl groups is 1. The maximum absolute atomic E-state index is 12.7. The quantitative estimate of drug-likeness (QED) is 0.799. The van der Waals surface area contributed by atoms with Crippen molar-refractivity contribution in [1.29, 1.82) is 0 Å². The summed E-state index contributed by atoms with van der Waals surface area (Å²) < 4.78 is 38.1. The molecule has 3 N–H and O–H groups in total. The lowest BCUT2D eigenvalue weighted by Gasteiger charge is -2.11. The van der Waals surface area contributed by atoms with Crippen LogP contribution in [0.15, 0.2) is 36.7 Å². The molecule has 0 aliphatic carbocycles. The van der Waals surface area contributed by atoms with Crippen LogP contribution < -0.4 is 10.6 Å². The van der Waals surface area contributed by atoms with Gasteiger partial charge < -0.3 is 10.4 Å². The zero-order valence-corrected chi connectivity index (χ0v) is 12.6. The first-order valence-corrected chi connectivity index (χ1v) is 6.97. The molecule has 0 aliphatic rings. The van der Waals surface area contributed by atoms with Gasteiger partial charge in [-0.2, -0.15) is 13.2 Å². The smallest absolute Gasteiger partial charge is 0.394 e. The van der Waals surface area contributed by atoms with Gasteiger partial charge in [-0.25, -0.2) is 9.78 Å². The first-order chi connectivity index (χ1) is 11.3. The predicted octanol–water partition coefficient (Wildman–Crippen LogP) is 2.66. The van der Waals surface area contributed by atoms with Gasteiger partial charge in [-0.05, 0) is 19.1 Å². The van der Waals surface area contributed by atoms with E-state index in [1.54, 1.807) is 6.92 Å². The van der Waals surface area contributed by atoms with Crippen LogP contribution in [0.1, 0.15) is 12.5 Å². The van der Waals surface area contributed by atoms with Gasteiger partial charge in [-0.1, -0.05) is 12.1 Å². The fraction of sp³-hybridized carbons (Fsp3) is 0.267. The van der Waals surface area contributed by atoms with Crippen LogP contribution in [0.3, 0.4) is 0 Å². The average molecular weight is 340 g/mol. The van der Waals surface area contributed by atoms with Gasteiger partial charge in [0.05, 0.1) is 36.3 Å². The van der Waals surface area contributed by atoms with Crippen LogP contribution in [0.25, 0.3) is 11.3 Å². The number of aromatic nitrogens is 2. The Balaban J connectivity index is 2.11. The van der Waals surface area contributed by atoms with Gasteiger partial charge in [0.1, 0.15) is 0 Å². The number of benzene rings is 1. The number of urea groups is 1. The summed E-state index contributed by atoms with van der Waals surface area (Å²) in [5.41, 5.74) is -0.264. The SMILES string of the molecule is C[C@@H](CO)NC(=O)Nc1cnc(-c2cccc(C(F)(F)F)c2)cn1. The van der Waals surface area contributed by atoms with Crippen molar-refractivity contribution in [1.82, 2.24) is 15.3 Å². The van der Waals surface area contributed by atoms with Crippen LogP contribution in [-0.2, 0) is 6.18 Å². The van der Waals surface area contributed by atoms with Gasteiger partial charge in [0.2, 0.25) is 0 Å². The Labute approximate surface area is 135 Å². The standard InChI is InChI=1S/C15H15F3N4O2/c1-9(8-23)21-14(24)22-13-7-19-12(6-20-13)10-3-2-4-11(5-10)15(16,17)18/h2-7,9,23H,8H2,1H3,(H2,20,21,22,24)/t9-/m0/s1. The van der Waals surface area contributed by atoms with E-state index < -0.39 is 23.8 Å². The van der Waals surface area contributed by atoms with E-state index in [-0.39, 0.29) is 23.7 Å². The van der Waals surface area contributed by atoms with Crippen molar-refractivity contribution in [3.8, 4) is 11.3 Å². The third-order valence-electron chi connectivity index (χ3n) is 3.03. The summed E-state index contributed by atoms with van der Waals surface area (Å²) in [6.07, 6.45) is -1.94. The fourth-order valence-electron chi connectivity index (χ4n) is 1.82. The number of rotatable bonds is 4. The van der Waals surface area contributed by atoms with E-state index in [4.69, 9.17) is 5.11 Å². The Kier molecular flexibility index (Phi) is 5.35. The van der Waals surface area contributed by atoms with Crippen LogP contribution in [-0.4, -0.2) is 33.8 Å². The Morgan fingerprint density at radius 1 is 1.29 bits per heavy atom. The molecular weight excluding hydrogens is 325 g/mol.